The lowest BCUT2D eigenvalue weighted by Crippen LogP contribution is -2.22. The number of hydrogen-bond acceptors (Lipinski definition) is 3. The summed E-state index contributed by atoms with van der Waals surface area (Å²) in [5.41, 5.74) is 2.53. The molecule has 1 N–H and O–H groups in total. The molecule has 3 nitrogen and oxygen atoms in total. The van der Waals surface area contributed by atoms with E-state index in [-0.39, 0.29) is 18.4 Å². The van der Waals surface area contributed by atoms with E-state index in [1.54, 1.807) is 0 Å². The van der Waals surface area contributed by atoms with Crippen LogP contribution in [0.15, 0.2) is 0 Å². The van der Waals surface area contributed by atoms with Crippen LogP contribution >= 0.6 is 12.4 Å². The Kier molecular flexibility index (Phi) is 8.48. The number of halogens is 1. The zero-order chi connectivity index (χ0) is 7.28. The molecule has 0 aromatic rings. The lowest BCUT2D eigenvalue weighted by atomic mass is 10.2. The van der Waals surface area contributed by atoms with Gasteiger partial charge in [0.15, 0.2) is 0 Å². The van der Waals surface area contributed by atoms with Gasteiger partial charge in [-0.05, 0) is 5.92 Å². The van der Waals surface area contributed by atoms with Crippen LogP contribution in [-0.2, 0) is 9.63 Å². The van der Waals surface area contributed by atoms with E-state index >= 15 is 0 Å². The summed E-state index contributed by atoms with van der Waals surface area (Å²) in [6, 6.07) is 0. The second-order valence-electron chi connectivity index (χ2n) is 2.34. The van der Waals surface area contributed by atoms with Gasteiger partial charge in [-0.1, -0.05) is 13.8 Å². The van der Waals surface area contributed by atoms with Crippen molar-refractivity contribution < 1.29 is 9.63 Å². The van der Waals surface area contributed by atoms with Crippen LogP contribution in [0.2, 0.25) is 0 Å². The van der Waals surface area contributed by atoms with E-state index in [4.69, 9.17) is 0 Å². The van der Waals surface area contributed by atoms with Crippen LogP contribution in [0.1, 0.15) is 20.8 Å². The average molecular weight is 168 g/mol. The summed E-state index contributed by atoms with van der Waals surface area (Å²) in [6.07, 6.45) is 0. The molecule has 0 saturated carbocycles. The highest BCUT2D eigenvalue weighted by Gasteiger charge is 1.93. The maximum absolute atomic E-state index is 10.1. The number of hydroxylamine groups is 1. The van der Waals surface area contributed by atoms with E-state index in [0.29, 0.717) is 12.5 Å². The fourth-order valence-corrected chi connectivity index (χ4v) is 0.310. The summed E-state index contributed by atoms with van der Waals surface area (Å²) in [5.74, 6) is 0.208. The number of carbonyl (C=O) groups excluding carboxylic acids is 1. The van der Waals surface area contributed by atoms with Crippen molar-refractivity contribution in [1.29, 1.82) is 0 Å². The average Bonchev–Trinajstić information content (AvgIpc) is 1.63. The molecule has 0 aliphatic rings. The molecule has 0 atom stereocenters. The number of carbonyl (C=O) groups is 1. The highest BCUT2D eigenvalue weighted by Crippen LogP contribution is 1.86. The molecular weight excluding hydrogens is 154 g/mol. The van der Waals surface area contributed by atoms with Crippen LogP contribution in [0.5, 0.6) is 0 Å². The van der Waals surface area contributed by atoms with Gasteiger partial charge in [0, 0.05) is 13.5 Å². The summed E-state index contributed by atoms with van der Waals surface area (Å²) in [4.78, 5) is 14.6. The van der Waals surface area contributed by atoms with Gasteiger partial charge in [-0.25, -0.2) is 0 Å². The van der Waals surface area contributed by atoms with E-state index in [9.17, 15) is 4.79 Å². The first kappa shape index (κ1) is 12.4. The maximum atomic E-state index is 10.1. The molecule has 0 heterocycles. The van der Waals surface area contributed by atoms with E-state index < -0.39 is 0 Å². The highest BCUT2D eigenvalue weighted by atomic mass is 35.5. The molecule has 0 radical (unpaired) electrons. The minimum absolute atomic E-state index is 0. The van der Waals surface area contributed by atoms with Gasteiger partial charge in [-0.15, -0.1) is 12.4 Å². The Morgan fingerprint density at radius 1 is 1.60 bits per heavy atom. The van der Waals surface area contributed by atoms with Crippen molar-refractivity contribution in [1.82, 2.24) is 5.48 Å². The zero-order valence-corrected chi connectivity index (χ0v) is 7.33. The van der Waals surface area contributed by atoms with Crippen molar-refractivity contribution in [3.63, 3.8) is 0 Å². The third kappa shape index (κ3) is 10.7. The molecule has 0 saturated heterocycles. The predicted molar refractivity (Wildman–Crippen MR) is 41.9 cm³/mol. The second-order valence-corrected chi connectivity index (χ2v) is 2.34. The summed E-state index contributed by atoms with van der Waals surface area (Å²) in [7, 11) is 0. The SMILES string of the molecule is CC(=O)ONCC(C)C.Cl. The predicted octanol–water partition coefficient (Wildman–Crippen LogP) is 1.13. The molecule has 0 aromatic heterocycles. The van der Waals surface area contributed by atoms with Crippen molar-refractivity contribution >= 4 is 18.4 Å². The fourth-order valence-electron chi connectivity index (χ4n) is 0.310. The first-order valence-electron chi connectivity index (χ1n) is 3.03. The molecule has 0 fully saturated rings. The Morgan fingerprint density at radius 2 is 2.10 bits per heavy atom. The molecule has 0 amide bonds. The Balaban J connectivity index is 0. The number of rotatable bonds is 3. The molecular formula is C6H14ClNO2. The molecule has 4 heteroatoms. The zero-order valence-electron chi connectivity index (χ0n) is 6.51. The van der Waals surface area contributed by atoms with Gasteiger partial charge in [-0.2, -0.15) is 5.48 Å². The van der Waals surface area contributed by atoms with Crippen LogP contribution in [0.25, 0.3) is 0 Å². The van der Waals surface area contributed by atoms with E-state index in [0.717, 1.165) is 0 Å². The standard InChI is InChI=1S/C6H13NO2.ClH/c1-5(2)4-7-9-6(3)8;/h5,7H,4H2,1-3H3;1H. The van der Waals surface area contributed by atoms with Gasteiger partial charge in [0.05, 0.1) is 0 Å². The summed E-state index contributed by atoms with van der Waals surface area (Å²) in [6.45, 7) is 6.15. The summed E-state index contributed by atoms with van der Waals surface area (Å²) < 4.78 is 0. The minimum Gasteiger partial charge on any atom is -0.371 e. The first-order valence-corrected chi connectivity index (χ1v) is 3.03. The van der Waals surface area contributed by atoms with Crippen LogP contribution in [0.4, 0.5) is 0 Å². The smallest absolute Gasteiger partial charge is 0.321 e. The Morgan fingerprint density at radius 3 is 2.40 bits per heavy atom. The number of hydrogen-bond donors (Lipinski definition) is 1. The Labute approximate surface area is 67.5 Å². The molecule has 0 aromatic carbocycles. The van der Waals surface area contributed by atoms with E-state index in [1.165, 1.54) is 6.92 Å². The van der Waals surface area contributed by atoms with E-state index in [1.807, 2.05) is 13.8 Å². The molecule has 0 aliphatic heterocycles. The molecule has 0 rings (SSSR count). The molecule has 0 bridgehead atoms. The van der Waals surface area contributed by atoms with Gasteiger partial charge in [0.25, 0.3) is 0 Å². The molecule has 0 aliphatic carbocycles. The van der Waals surface area contributed by atoms with Crippen LogP contribution in [-0.4, -0.2) is 12.5 Å². The second kappa shape index (κ2) is 6.83. The van der Waals surface area contributed by atoms with Crippen molar-refractivity contribution in [3.8, 4) is 0 Å². The quantitative estimate of drug-likeness (QED) is 0.641. The van der Waals surface area contributed by atoms with Gasteiger partial charge < -0.3 is 4.84 Å². The molecule has 0 unspecified atom stereocenters. The topological polar surface area (TPSA) is 38.3 Å². The highest BCUT2D eigenvalue weighted by molar-refractivity contribution is 5.85. The summed E-state index contributed by atoms with van der Waals surface area (Å²) >= 11 is 0. The van der Waals surface area contributed by atoms with Crippen LogP contribution in [0.3, 0.4) is 0 Å². The first-order chi connectivity index (χ1) is 4.13. The van der Waals surface area contributed by atoms with Gasteiger partial charge >= 0.3 is 5.97 Å². The lowest BCUT2D eigenvalue weighted by Gasteiger charge is -2.04. The van der Waals surface area contributed by atoms with Gasteiger partial charge in [0.2, 0.25) is 0 Å². The monoisotopic (exact) mass is 167 g/mol. The Hall–Kier alpha value is -0.280. The minimum atomic E-state index is -0.296. The van der Waals surface area contributed by atoms with Crippen molar-refractivity contribution in [2.45, 2.75) is 20.8 Å². The van der Waals surface area contributed by atoms with Crippen LogP contribution in [0, 0.1) is 5.92 Å². The van der Waals surface area contributed by atoms with Crippen molar-refractivity contribution in [2.24, 2.45) is 5.92 Å². The van der Waals surface area contributed by atoms with Crippen LogP contribution < -0.4 is 5.48 Å². The molecule has 62 valence electrons. The van der Waals surface area contributed by atoms with Gasteiger partial charge in [-0.3, -0.25) is 4.79 Å². The maximum Gasteiger partial charge on any atom is 0.321 e. The normalized spacial score (nSPS) is 8.80. The van der Waals surface area contributed by atoms with Crippen molar-refractivity contribution in [2.75, 3.05) is 6.54 Å². The lowest BCUT2D eigenvalue weighted by molar-refractivity contribution is -0.148. The number of nitrogens with one attached hydrogen (secondary N) is 1. The van der Waals surface area contributed by atoms with Crippen molar-refractivity contribution in [3.05, 3.63) is 0 Å². The molecule has 0 spiro atoms. The molecule has 10 heavy (non-hydrogen) atoms. The largest absolute Gasteiger partial charge is 0.371 e. The summed E-state index contributed by atoms with van der Waals surface area (Å²) in [5, 5.41) is 0. The fraction of sp³-hybridized carbons (Fsp3) is 0.833. The van der Waals surface area contributed by atoms with Gasteiger partial charge in [0.1, 0.15) is 0 Å². The Bertz CT molecular complexity index is 95.7. The third-order valence-corrected chi connectivity index (χ3v) is 0.707. The van der Waals surface area contributed by atoms with E-state index in [2.05, 4.69) is 10.3 Å². The third-order valence-electron chi connectivity index (χ3n) is 0.707.